The number of β-amino-alcohol motifs (C(OH)–C–C–N with tert-alkyl or cyclic N) is 1. The Kier molecular flexibility index (Phi) is 4.87. The number of aliphatic hydroxyl groups is 1. The number of nitrogens with zero attached hydrogens (tertiary/aromatic N) is 1. The molecule has 4 heteroatoms. The Hall–Kier alpha value is -1.23. The molecule has 0 saturated carbocycles. The van der Waals surface area contributed by atoms with Gasteiger partial charge in [0.1, 0.15) is 5.82 Å². The topological polar surface area (TPSA) is 32.7 Å². The zero-order chi connectivity index (χ0) is 12.8. The lowest BCUT2D eigenvalue weighted by Crippen LogP contribution is -2.40. The molecule has 0 aliphatic carbocycles. The summed E-state index contributed by atoms with van der Waals surface area (Å²) >= 11 is 0. The summed E-state index contributed by atoms with van der Waals surface area (Å²) in [6.45, 7) is 3.80. The van der Waals surface area contributed by atoms with E-state index in [4.69, 9.17) is 4.74 Å². The summed E-state index contributed by atoms with van der Waals surface area (Å²) in [6.07, 6.45) is 3.04. The fourth-order valence-electron chi connectivity index (χ4n) is 1.91. The van der Waals surface area contributed by atoms with Crippen LogP contribution in [0.25, 0.3) is 6.08 Å². The van der Waals surface area contributed by atoms with Crippen molar-refractivity contribution in [3.63, 3.8) is 0 Å². The Bertz CT molecular complexity index is 385. The van der Waals surface area contributed by atoms with Crippen molar-refractivity contribution < 1.29 is 14.2 Å². The van der Waals surface area contributed by atoms with E-state index in [9.17, 15) is 9.50 Å². The van der Waals surface area contributed by atoms with Crippen LogP contribution in [-0.2, 0) is 4.74 Å². The van der Waals surface area contributed by atoms with E-state index in [1.807, 2.05) is 6.08 Å². The molecule has 0 aromatic heterocycles. The lowest BCUT2D eigenvalue weighted by molar-refractivity contribution is 0.0223. The molecule has 1 aromatic rings. The predicted molar refractivity (Wildman–Crippen MR) is 68.7 cm³/mol. The van der Waals surface area contributed by atoms with Crippen LogP contribution >= 0.6 is 0 Å². The molecule has 0 spiro atoms. The normalized spacial score (nSPS) is 19.2. The standard InChI is InChI=1S/C14H18FNO2/c15-13-4-1-12(2-5-13)3-6-14(17)11-16-7-9-18-10-8-16/h1-6,14,17H,7-11H2/b6-3+. The van der Waals surface area contributed by atoms with Crippen molar-refractivity contribution in [2.75, 3.05) is 32.8 Å². The lowest BCUT2D eigenvalue weighted by atomic mass is 10.2. The average molecular weight is 251 g/mol. The molecule has 3 nitrogen and oxygen atoms in total. The van der Waals surface area contributed by atoms with Crippen LogP contribution in [0.15, 0.2) is 30.3 Å². The molecule has 1 fully saturated rings. The van der Waals surface area contributed by atoms with E-state index < -0.39 is 6.10 Å². The highest BCUT2D eigenvalue weighted by Crippen LogP contribution is 2.06. The van der Waals surface area contributed by atoms with E-state index in [1.54, 1.807) is 18.2 Å². The molecule has 1 aromatic carbocycles. The molecule has 0 radical (unpaired) electrons. The highest BCUT2D eigenvalue weighted by molar-refractivity contribution is 5.49. The summed E-state index contributed by atoms with van der Waals surface area (Å²) in [5.41, 5.74) is 0.887. The van der Waals surface area contributed by atoms with Crippen LogP contribution in [0, 0.1) is 5.82 Å². The first-order chi connectivity index (χ1) is 8.74. The van der Waals surface area contributed by atoms with Gasteiger partial charge in [0, 0.05) is 19.6 Å². The number of ether oxygens (including phenoxy) is 1. The predicted octanol–water partition coefficient (Wildman–Crippen LogP) is 1.53. The van der Waals surface area contributed by atoms with E-state index >= 15 is 0 Å². The van der Waals surface area contributed by atoms with E-state index in [0.29, 0.717) is 6.54 Å². The first-order valence-electron chi connectivity index (χ1n) is 6.16. The third-order valence-electron chi connectivity index (χ3n) is 2.93. The van der Waals surface area contributed by atoms with Gasteiger partial charge >= 0.3 is 0 Å². The zero-order valence-corrected chi connectivity index (χ0v) is 10.3. The zero-order valence-electron chi connectivity index (χ0n) is 10.3. The number of rotatable bonds is 4. The lowest BCUT2D eigenvalue weighted by Gasteiger charge is -2.27. The van der Waals surface area contributed by atoms with Gasteiger partial charge in [-0.05, 0) is 17.7 Å². The Balaban J connectivity index is 1.82. The SMILES string of the molecule is OC(/C=C/c1ccc(F)cc1)CN1CCOCC1. The summed E-state index contributed by atoms with van der Waals surface area (Å²) in [5, 5.41) is 9.87. The van der Waals surface area contributed by atoms with Crippen molar-refractivity contribution in [1.82, 2.24) is 4.90 Å². The molecule has 1 heterocycles. The second-order valence-corrected chi connectivity index (χ2v) is 4.39. The maximum absolute atomic E-state index is 12.7. The molecule has 1 N–H and O–H groups in total. The Morgan fingerprint density at radius 3 is 2.61 bits per heavy atom. The monoisotopic (exact) mass is 251 g/mol. The largest absolute Gasteiger partial charge is 0.388 e. The number of aliphatic hydroxyl groups excluding tert-OH is 1. The molecule has 1 aliphatic rings. The van der Waals surface area contributed by atoms with Gasteiger partial charge in [0.2, 0.25) is 0 Å². The van der Waals surface area contributed by atoms with E-state index in [1.165, 1.54) is 12.1 Å². The first kappa shape index (κ1) is 13.2. The first-order valence-corrected chi connectivity index (χ1v) is 6.16. The maximum Gasteiger partial charge on any atom is 0.123 e. The third-order valence-corrected chi connectivity index (χ3v) is 2.93. The number of benzene rings is 1. The van der Waals surface area contributed by atoms with E-state index in [0.717, 1.165) is 31.9 Å². The molecule has 2 rings (SSSR count). The van der Waals surface area contributed by atoms with Crippen molar-refractivity contribution in [3.8, 4) is 0 Å². The van der Waals surface area contributed by atoms with Gasteiger partial charge in [0.15, 0.2) is 0 Å². The Morgan fingerprint density at radius 1 is 1.28 bits per heavy atom. The number of morpholine rings is 1. The van der Waals surface area contributed by atoms with Crippen molar-refractivity contribution in [2.45, 2.75) is 6.10 Å². The minimum Gasteiger partial charge on any atom is -0.388 e. The van der Waals surface area contributed by atoms with Crippen LogP contribution in [0.4, 0.5) is 4.39 Å². The Labute approximate surface area is 106 Å². The number of hydrogen-bond acceptors (Lipinski definition) is 3. The van der Waals surface area contributed by atoms with Gasteiger partial charge in [0.25, 0.3) is 0 Å². The maximum atomic E-state index is 12.7. The van der Waals surface area contributed by atoms with E-state index in [-0.39, 0.29) is 5.82 Å². The minimum atomic E-state index is -0.506. The van der Waals surface area contributed by atoms with Crippen molar-refractivity contribution in [2.24, 2.45) is 0 Å². The van der Waals surface area contributed by atoms with Crippen LogP contribution in [0.2, 0.25) is 0 Å². The molecule has 1 unspecified atom stereocenters. The van der Waals surface area contributed by atoms with Crippen LogP contribution < -0.4 is 0 Å². The van der Waals surface area contributed by atoms with Gasteiger partial charge in [0.05, 0.1) is 19.3 Å². The molecule has 0 bridgehead atoms. The van der Waals surface area contributed by atoms with Gasteiger partial charge in [-0.25, -0.2) is 4.39 Å². The van der Waals surface area contributed by atoms with Crippen LogP contribution in [0.5, 0.6) is 0 Å². The van der Waals surface area contributed by atoms with Gasteiger partial charge in [-0.1, -0.05) is 24.3 Å². The molecule has 1 aliphatic heterocycles. The summed E-state index contributed by atoms with van der Waals surface area (Å²) in [6, 6.07) is 6.20. The van der Waals surface area contributed by atoms with Gasteiger partial charge in [-0.15, -0.1) is 0 Å². The second-order valence-electron chi connectivity index (χ2n) is 4.39. The van der Waals surface area contributed by atoms with Crippen LogP contribution in [0.1, 0.15) is 5.56 Å². The summed E-state index contributed by atoms with van der Waals surface area (Å²) in [5.74, 6) is -0.249. The number of hydrogen-bond donors (Lipinski definition) is 1. The van der Waals surface area contributed by atoms with Crippen molar-refractivity contribution in [3.05, 3.63) is 41.7 Å². The molecule has 0 amide bonds. The van der Waals surface area contributed by atoms with Crippen LogP contribution in [0.3, 0.4) is 0 Å². The summed E-state index contributed by atoms with van der Waals surface area (Å²) in [4.78, 5) is 2.17. The summed E-state index contributed by atoms with van der Waals surface area (Å²) in [7, 11) is 0. The molecule has 1 atom stereocenters. The van der Waals surface area contributed by atoms with Gasteiger partial charge in [-0.2, -0.15) is 0 Å². The van der Waals surface area contributed by atoms with Crippen LogP contribution in [-0.4, -0.2) is 49.0 Å². The fourth-order valence-corrected chi connectivity index (χ4v) is 1.91. The highest BCUT2D eigenvalue weighted by atomic mass is 19.1. The molecular weight excluding hydrogens is 233 g/mol. The van der Waals surface area contributed by atoms with Crippen molar-refractivity contribution >= 4 is 6.08 Å². The fraction of sp³-hybridized carbons (Fsp3) is 0.429. The summed E-state index contributed by atoms with van der Waals surface area (Å²) < 4.78 is 17.9. The second kappa shape index (κ2) is 6.64. The Morgan fingerprint density at radius 2 is 1.94 bits per heavy atom. The minimum absolute atomic E-state index is 0.249. The van der Waals surface area contributed by atoms with Gasteiger partial charge in [-0.3, -0.25) is 4.90 Å². The molecular formula is C14H18FNO2. The molecule has 1 saturated heterocycles. The van der Waals surface area contributed by atoms with Crippen molar-refractivity contribution in [1.29, 1.82) is 0 Å². The van der Waals surface area contributed by atoms with E-state index in [2.05, 4.69) is 4.90 Å². The highest BCUT2D eigenvalue weighted by Gasteiger charge is 2.12. The molecule has 98 valence electrons. The quantitative estimate of drug-likeness (QED) is 0.881. The average Bonchev–Trinajstić information content (AvgIpc) is 2.39. The third kappa shape index (κ3) is 4.22. The van der Waals surface area contributed by atoms with Gasteiger partial charge < -0.3 is 9.84 Å². The molecule has 18 heavy (non-hydrogen) atoms. The smallest absolute Gasteiger partial charge is 0.123 e. The number of halogens is 1.